The predicted molar refractivity (Wildman–Crippen MR) is 62.8 cm³/mol. The van der Waals surface area contributed by atoms with Crippen LogP contribution in [0.2, 0.25) is 0 Å². The van der Waals surface area contributed by atoms with Crippen molar-refractivity contribution in [2.24, 2.45) is 5.92 Å². The summed E-state index contributed by atoms with van der Waals surface area (Å²) < 4.78 is 28.4. The van der Waals surface area contributed by atoms with E-state index in [1.807, 2.05) is 18.2 Å². The maximum atomic E-state index is 12.3. The molecule has 2 aliphatic rings. The Kier molecular flexibility index (Phi) is 2.95. The summed E-state index contributed by atoms with van der Waals surface area (Å²) in [5.74, 6) is 0.906. The fourth-order valence-electron chi connectivity index (χ4n) is 2.37. The lowest BCUT2D eigenvalue weighted by Crippen LogP contribution is -2.28. The number of benzene rings is 1. The summed E-state index contributed by atoms with van der Waals surface area (Å²) in [6, 6.07) is 9.01. The fourth-order valence-corrected chi connectivity index (χ4v) is 3.89. The summed E-state index contributed by atoms with van der Waals surface area (Å²) in [4.78, 5) is 0. The molecule has 1 saturated carbocycles. The van der Waals surface area contributed by atoms with Crippen molar-refractivity contribution in [3.8, 4) is 5.75 Å². The van der Waals surface area contributed by atoms with Crippen molar-refractivity contribution in [2.45, 2.75) is 25.4 Å². The molecule has 2 fully saturated rings. The largest absolute Gasteiger partial charge is 0.530 e. The maximum Gasteiger partial charge on any atom is 0.530 e. The lowest BCUT2D eigenvalue weighted by atomic mass is 10.1. The first kappa shape index (κ1) is 11.3. The van der Waals surface area contributed by atoms with Crippen LogP contribution in [0.1, 0.15) is 19.3 Å². The standard InChI is InChI=1S/C12H15O4P/c13-17(15-11-6-2-1-3-7-11)14-9-10-5-4-8-12(10)16-17/h1-3,6-7,10,12H,4-5,8-9H2/t10-,12+,17-/m1/s1. The SMILES string of the molecule is O=[P@]1(Oc2ccccc2)OC[C@H]2CCC[C@@H]2O1. The van der Waals surface area contributed by atoms with Crippen LogP contribution in [0.4, 0.5) is 0 Å². The average Bonchev–Trinajstić information content (AvgIpc) is 2.76. The molecule has 0 spiro atoms. The number of fused-ring (bicyclic) bond motifs is 1. The smallest absolute Gasteiger partial charge is 0.404 e. The van der Waals surface area contributed by atoms with Crippen molar-refractivity contribution < 1.29 is 18.1 Å². The first-order valence-corrected chi connectivity index (χ1v) is 7.39. The van der Waals surface area contributed by atoms with Crippen LogP contribution in [-0.2, 0) is 13.6 Å². The van der Waals surface area contributed by atoms with Gasteiger partial charge in [0, 0.05) is 5.92 Å². The van der Waals surface area contributed by atoms with Gasteiger partial charge in [0.15, 0.2) is 0 Å². The van der Waals surface area contributed by atoms with E-state index in [0.29, 0.717) is 18.3 Å². The third-order valence-corrected chi connectivity index (χ3v) is 4.69. The van der Waals surface area contributed by atoms with Gasteiger partial charge in [0.05, 0.1) is 12.7 Å². The zero-order valence-corrected chi connectivity index (χ0v) is 10.3. The first-order valence-electron chi connectivity index (χ1n) is 5.93. The second kappa shape index (κ2) is 4.45. The molecule has 0 unspecified atom stereocenters. The quantitative estimate of drug-likeness (QED) is 0.759. The van der Waals surface area contributed by atoms with Crippen LogP contribution >= 0.6 is 7.82 Å². The van der Waals surface area contributed by atoms with Gasteiger partial charge in [-0.05, 0) is 25.0 Å². The fraction of sp³-hybridized carbons (Fsp3) is 0.500. The molecule has 0 bridgehead atoms. The van der Waals surface area contributed by atoms with Gasteiger partial charge in [-0.1, -0.05) is 24.6 Å². The monoisotopic (exact) mass is 254 g/mol. The minimum Gasteiger partial charge on any atom is -0.404 e. The molecule has 1 aromatic carbocycles. The van der Waals surface area contributed by atoms with Gasteiger partial charge in [0.2, 0.25) is 0 Å². The molecular weight excluding hydrogens is 239 g/mol. The zero-order valence-electron chi connectivity index (χ0n) is 9.45. The Hall–Kier alpha value is -0.830. The number of hydrogen-bond acceptors (Lipinski definition) is 4. The number of rotatable bonds is 2. The number of hydrogen-bond donors (Lipinski definition) is 0. The van der Waals surface area contributed by atoms with Gasteiger partial charge in [0.1, 0.15) is 5.75 Å². The molecule has 17 heavy (non-hydrogen) atoms. The van der Waals surface area contributed by atoms with Crippen LogP contribution in [-0.4, -0.2) is 12.7 Å². The Morgan fingerprint density at radius 1 is 1.24 bits per heavy atom. The zero-order chi connectivity index (χ0) is 11.7. The van der Waals surface area contributed by atoms with Crippen molar-refractivity contribution in [1.82, 2.24) is 0 Å². The van der Waals surface area contributed by atoms with E-state index in [1.165, 1.54) is 0 Å². The minimum atomic E-state index is -3.41. The Labute approximate surface area is 100 Å². The summed E-state index contributed by atoms with van der Waals surface area (Å²) in [7, 11) is -3.41. The second-order valence-electron chi connectivity index (χ2n) is 4.48. The lowest BCUT2D eigenvalue weighted by Gasteiger charge is -2.30. The van der Waals surface area contributed by atoms with E-state index < -0.39 is 7.82 Å². The molecule has 1 aliphatic carbocycles. The first-order chi connectivity index (χ1) is 8.25. The van der Waals surface area contributed by atoms with Gasteiger partial charge < -0.3 is 4.52 Å². The number of para-hydroxylation sites is 1. The molecule has 0 aromatic heterocycles. The molecule has 5 heteroatoms. The molecule has 3 atom stereocenters. The van der Waals surface area contributed by atoms with Crippen LogP contribution in [0.3, 0.4) is 0 Å². The van der Waals surface area contributed by atoms with Crippen molar-refractivity contribution in [3.05, 3.63) is 30.3 Å². The molecule has 1 aromatic rings. The molecule has 3 rings (SSSR count). The number of phosphoric ester groups is 1. The molecule has 92 valence electrons. The predicted octanol–water partition coefficient (Wildman–Crippen LogP) is 3.39. The van der Waals surface area contributed by atoms with E-state index in [0.717, 1.165) is 19.3 Å². The molecule has 1 aliphatic heterocycles. The molecule has 0 N–H and O–H groups in total. The summed E-state index contributed by atoms with van der Waals surface area (Å²) >= 11 is 0. The average molecular weight is 254 g/mol. The van der Waals surface area contributed by atoms with E-state index in [4.69, 9.17) is 13.6 Å². The van der Waals surface area contributed by atoms with Crippen LogP contribution in [0.5, 0.6) is 5.75 Å². The van der Waals surface area contributed by atoms with Crippen molar-refractivity contribution in [3.63, 3.8) is 0 Å². The van der Waals surface area contributed by atoms with Gasteiger partial charge >= 0.3 is 7.82 Å². The molecule has 1 saturated heterocycles. The molecule has 1 heterocycles. The van der Waals surface area contributed by atoms with Crippen LogP contribution in [0, 0.1) is 5.92 Å². The Balaban J connectivity index is 1.72. The molecular formula is C12H15O4P. The Morgan fingerprint density at radius 3 is 2.88 bits per heavy atom. The van der Waals surface area contributed by atoms with Gasteiger partial charge in [-0.3, -0.25) is 9.05 Å². The van der Waals surface area contributed by atoms with Crippen LogP contribution in [0.15, 0.2) is 30.3 Å². The van der Waals surface area contributed by atoms with Crippen molar-refractivity contribution >= 4 is 7.82 Å². The highest BCUT2D eigenvalue weighted by Crippen LogP contribution is 2.56. The van der Waals surface area contributed by atoms with Crippen molar-refractivity contribution in [1.29, 1.82) is 0 Å². The molecule has 4 nitrogen and oxygen atoms in total. The summed E-state index contributed by atoms with van der Waals surface area (Å²) in [5, 5.41) is 0. The van der Waals surface area contributed by atoms with E-state index in [-0.39, 0.29) is 6.10 Å². The number of phosphoric acid groups is 1. The lowest BCUT2D eigenvalue weighted by molar-refractivity contribution is 0.0199. The Morgan fingerprint density at radius 2 is 2.06 bits per heavy atom. The molecule has 0 radical (unpaired) electrons. The van der Waals surface area contributed by atoms with Gasteiger partial charge in [-0.2, -0.15) is 0 Å². The highest BCUT2D eigenvalue weighted by molar-refractivity contribution is 7.49. The minimum absolute atomic E-state index is 0.0401. The maximum absolute atomic E-state index is 12.3. The highest BCUT2D eigenvalue weighted by Gasteiger charge is 2.44. The third kappa shape index (κ3) is 2.39. The van der Waals surface area contributed by atoms with Crippen LogP contribution in [0.25, 0.3) is 0 Å². The Bertz CT molecular complexity index is 433. The van der Waals surface area contributed by atoms with Gasteiger partial charge in [-0.25, -0.2) is 4.57 Å². The topological polar surface area (TPSA) is 44.8 Å². The van der Waals surface area contributed by atoms with E-state index in [9.17, 15) is 4.57 Å². The normalized spacial score (nSPS) is 36.5. The summed E-state index contributed by atoms with van der Waals surface area (Å²) in [6.07, 6.45) is 3.20. The molecule has 0 amide bonds. The van der Waals surface area contributed by atoms with Crippen molar-refractivity contribution in [2.75, 3.05) is 6.61 Å². The van der Waals surface area contributed by atoms with Gasteiger partial charge in [0.25, 0.3) is 0 Å². The summed E-state index contributed by atoms with van der Waals surface area (Å²) in [5.41, 5.74) is 0. The summed E-state index contributed by atoms with van der Waals surface area (Å²) in [6.45, 7) is 0.481. The van der Waals surface area contributed by atoms with E-state index in [1.54, 1.807) is 12.1 Å². The van der Waals surface area contributed by atoms with E-state index >= 15 is 0 Å². The van der Waals surface area contributed by atoms with Crippen LogP contribution < -0.4 is 4.52 Å². The highest BCUT2D eigenvalue weighted by atomic mass is 31.2. The van der Waals surface area contributed by atoms with Gasteiger partial charge in [-0.15, -0.1) is 0 Å². The van der Waals surface area contributed by atoms with E-state index in [2.05, 4.69) is 0 Å². The second-order valence-corrected chi connectivity index (χ2v) is 6.03. The third-order valence-electron chi connectivity index (χ3n) is 3.26.